The molecule has 0 amide bonds. The standard InChI is InChI=1S/C12H20O2/c1-3-5-6-7-8-12(9-10-12)11(13)14-4-2/h4H,2-3,5-10H2,1H3. The first-order valence-electron chi connectivity index (χ1n) is 5.57. The van der Waals surface area contributed by atoms with Gasteiger partial charge in [0, 0.05) is 0 Å². The summed E-state index contributed by atoms with van der Waals surface area (Å²) in [5.41, 5.74) is -0.123. The van der Waals surface area contributed by atoms with Crippen LogP contribution >= 0.6 is 0 Å². The highest BCUT2D eigenvalue weighted by Crippen LogP contribution is 2.51. The maximum absolute atomic E-state index is 11.5. The van der Waals surface area contributed by atoms with Crippen LogP contribution in [0.5, 0.6) is 0 Å². The molecule has 1 aliphatic carbocycles. The minimum absolute atomic E-state index is 0.0657. The number of carbonyl (C=O) groups is 1. The molecule has 0 aromatic rings. The number of hydrogen-bond acceptors (Lipinski definition) is 2. The van der Waals surface area contributed by atoms with Crippen LogP contribution in [0, 0.1) is 5.41 Å². The first-order chi connectivity index (χ1) is 6.75. The van der Waals surface area contributed by atoms with Crippen LogP contribution in [0.4, 0.5) is 0 Å². The maximum atomic E-state index is 11.5. The molecule has 0 spiro atoms. The zero-order valence-electron chi connectivity index (χ0n) is 9.05. The molecule has 0 aromatic carbocycles. The summed E-state index contributed by atoms with van der Waals surface area (Å²) in [6.45, 7) is 5.60. The van der Waals surface area contributed by atoms with E-state index in [0.29, 0.717) is 0 Å². The lowest BCUT2D eigenvalue weighted by Gasteiger charge is -2.11. The Balaban J connectivity index is 2.21. The highest BCUT2D eigenvalue weighted by Gasteiger charge is 2.50. The predicted octanol–water partition coefficient (Wildman–Crippen LogP) is 3.42. The third kappa shape index (κ3) is 2.86. The first-order valence-corrected chi connectivity index (χ1v) is 5.57. The second-order valence-electron chi connectivity index (χ2n) is 4.16. The molecule has 1 aliphatic rings. The zero-order chi connectivity index (χ0) is 10.4. The fourth-order valence-corrected chi connectivity index (χ4v) is 1.80. The van der Waals surface area contributed by atoms with Crippen LogP contribution in [0.1, 0.15) is 51.9 Å². The molecule has 1 rings (SSSR count). The summed E-state index contributed by atoms with van der Waals surface area (Å²) in [5, 5.41) is 0. The largest absolute Gasteiger partial charge is 0.435 e. The number of rotatable bonds is 7. The molecule has 80 valence electrons. The van der Waals surface area contributed by atoms with Gasteiger partial charge >= 0.3 is 5.97 Å². The first kappa shape index (κ1) is 11.3. The van der Waals surface area contributed by atoms with Gasteiger partial charge in [-0.25, -0.2) is 0 Å². The van der Waals surface area contributed by atoms with E-state index in [1.807, 2.05) is 0 Å². The maximum Gasteiger partial charge on any atom is 0.316 e. The van der Waals surface area contributed by atoms with E-state index < -0.39 is 0 Å². The van der Waals surface area contributed by atoms with Gasteiger partial charge < -0.3 is 4.74 Å². The number of esters is 1. The Morgan fingerprint density at radius 1 is 1.43 bits per heavy atom. The SMILES string of the molecule is C=COC(=O)C1(CCCCCC)CC1. The summed E-state index contributed by atoms with van der Waals surface area (Å²) in [6, 6.07) is 0. The van der Waals surface area contributed by atoms with E-state index >= 15 is 0 Å². The quantitative estimate of drug-likeness (QED) is 0.354. The summed E-state index contributed by atoms with van der Waals surface area (Å²) in [6.07, 6.45) is 9.15. The molecule has 1 saturated carbocycles. The van der Waals surface area contributed by atoms with Gasteiger partial charge in [0.15, 0.2) is 0 Å². The molecular formula is C12H20O2. The highest BCUT2D eigenvalue weighted by molar-refractivity contribution is 5.80. The lowest BCUT2D eigenvalue weighted by Crippen LogP contribution is -2.16. The third-order valence-electron chi connectivity index (χ3n) is 2.99. The van der Waals surface area contributed by atoms with Gasteiger partial charge in [0.05, 0.1) is 11.7 Å². The van der Waals surface area contributed by atoms with Crippen molar-refractivity contribution >= 4 is 5.97 Å². The summed E-state index contributed by atoms with van der Waals surface area (Å²) in [4.78, 5) is 11.5. The van der Waals surface area contributed by atoms with Gasteiger partial charge in [-0.05, 0) is 19.3 Å². The average Bonchev–Trinajstić information content (AvgIpc) is 2.94. The Morgan fingerprint density at radius 2 is 2.14 bits per heavy atom. The van der Waals surface area contributed by atoms with Gasteiger partial charge in [0.25, 0.3) is 0 Å². The molecule has 0 aromatic heterocycles. The van der Waals surface area contributed by atoms with Crippen LogP contribution in [0.25, 0.3) is 0 Å². The molecule has 0 bridgehead atoms. The summed E-state index contributed by atoms with van der Waals surface area (Å²) >= 11 is 0. The lowest BCUT2D eigenvalue weighted by atomic mass is 9.98. The average molecular weight is 196 g/mol. The van der Waals surface area contributed by atoms with Gasteiger partial charge in [-0.3, -0.25) is 4.79 Å². The van der Waals surface area contributed by atoms with E-state index in [2.05, 4.69) is 13.5 Å². The third-order valence-corrected chi connectivity index (χ3v) is 2.99. The Labute approximate surface area is 86.3 Å². The molecule has 0 N–H and O–H groups in total. The normalized spacial score (nSPS) is 17.5. The van der Waals surface area contributed by atoms with Crippen LogP contribution in [0.3, 0.4) is 0 Å². The van der Waals surface area contributed by atoms with Crippen molar-refractivity contribution < 1.29 is 9.53 Å². The molecule has 1 fully saturated rings. The van der Waals surface area contributed by atoms with Crippen molar-refractivity contribution in [3.8, 4) is 0 Å². The molecule has 0 radical (unpaired) electrons. The lowest BCUT2D eigenvalue weighted by molar-refractivity contribution is -0.144. The zero-order valence-corrected chi connectivity index (χ0v) is 9.05. The minimum atomic E-state index is -0.123. The topological polar surface area (TPSA) is 26.3 Å². The van der Waals surface area contributed by atoms with Crippen molar-refractivity contribution in [2.24, 2.45) is 5.41 Å². The van der Waals surface area contributed by atoms with Crippen molar-refractivity contribution in [1.29, 1.82) is 0 Å². The second kappa shape index (κ2) is 5.18. The molecule has 14 heavy (non-hydrogen) atoms. The highest BCUT2D eigenvalue weighted by atomic mass is 16.5. The van der Waals surface area contributed by atoms with E-state index in [1.54, 1.807) is 0 Å². The molecular weight excluding hydrogens is 176 g/mol. The molecule has 0 aliphatic heterocycles. The van der Waals surface area contributed by atoms with E-state index in [-0.39, 0.29) is 11.4 Å². The van der Waals surface area contributed by atoms with Crippen molar-refractivity contribution in [2.75, 3.05) is 0 Å². The van der Waals surface area contributed by atoms with Crippen molar-refractivity contribution in [3.05, 3.63) is 12.8 Å². The Hall–Kier alpha value is -0.790. The number of unbranched alkanes of at least 4 members (excludes halogenated alkanes) is 3. The Kier molecular flexibility index (Phi) is 4.18. The van der Waals surface area contributed by atoms with Gasteiger partial charge in [0.1, 0.15) is 0 Å². The van der Waals surface area contributed by atoms with Gasteiger partial charge in [-0.1, -0.05) is 39.2 Å². The smallest absolute Gasteiger partial charge is 0.316 e. The van der Waals surface area contributed by atoms with Crippen LogP contribution in [-0.2, 0) is 9.53 Å². The second-order valence-corrected chi connectivity index (χ2v) is 4.16. The van der Waals surface area contributed by atoms with E-state index in [4.69, 9.17) is 4.74 Å². The predicted molar refractivity (Wildman–Crippen MR) is 56.7 cm³/mol. The van der Waals surface area contributed by atoms with E-state index in [9.17, 15) is 4.79 Å². The fraction of sp³-hybridized carbons (Fsp3) is 0.750. The van der Waals surface area contributed by atoms with E-state index in [0.717, 1.165) is 25.7 Å². The van der Waals surface area contributed by atoms with Crippen molar-refractivity contribution in [1.82, 2.24) is 0 Å². The summed E-state index contributed by atoms with van der Waals surface area (Å²) in [5.74, 6) is -0.0657. The van der Waals surface area contributed by atoms with Gasteiger partial charge in [-0.2, -0.15) is 0 Å². The van der Waals surface area contributed by atoms with Crippen LogP contribution < -0.4 is 0 Å². The van der Waals surface area contributed by atoms with Crippen LogP contribution in [-0.4, -0.2) is 5.97 Å². The number of carbonyl (C=O) groups excluding carboxylic acids is 1. The molecule has 2 heteroatoms. The summed E-state index contributed by atoms with van der Waals surface area (Å²) in [7, 11) is 0. The molecule has 0 unspecified atom stereocenters. The summed E-state index contributed by atoms with van der Waals surface area (Å²) < 4.78 is 4.85. The molecule has 0 atom stereocenters. The van der Waals surface area contributed by atoms with Gasteiger partial charge in [-0.15, -0.1) is 0 Å². The fourth-order valence-electron chi connectivity index (χ4n) is 1.80. The minimum Gasteiger partial charge on any atom is -0.435 e. The van der Waals surface area contributed by atoms with E-state index in [1.165, 1.54) is 25.5 Å². The monoisotopic (exact) mass is 196 g/mol. The van der Waals surface area contributed by atoms with Crippen LogP contribution in [0.15, 0.2) is 12.8 Å². The number of ether oxygens (including phenoxy) is 1. The van der Waals surface area contributed by atoms with Crippen LogP contribution in [0.2, 0.25) is 0 Å². The molecule has 0 heterocycles. The molecule has 2 nitrogen and oxygen atoms in total. The van der Waals surface area contributed by atoms with Gasteiger partial charge in [0.2, 0.25) is 0 Å². The Bertz CT molecular complexity index is 204. The van der Waals surface area contributed by atoms with Crippen molar-refractivity contribution in [2.45, 2.75) is 51.9 Å². The van der Waals surface area contributed by atoms with Crippen molar-refractivity contribution in [3.63, 3.8) is 0 Å². The molecule has 0 saturated heterocycles. The Morgan fingerprint density at radius 3 is 2.64 bits per heavy atom. The number of hydrogen-bond donors (Lipinski definition) is 0.